The minimum atomic E-state index is -0.495. The van der Waals surface area contributed by atoms with Crippen molar-refractivity contribution in [3.8, 4) is 11.5 Å². The van der Waals surface area contributed by atoms with E-state index in [0.717, 1.165) is 14.9 Å². The quantitative estimate of drug-likeness (QED) is 0.871. The van der Waals surface area contributed by atoms with E-state index < -0.39 is 6.10 Å². The van der Waals surface area contributed by atoms with Gasteiger partial charge in [0, 0.05) is 22.3 Å². The van der Waals surface area contributed by atoms with Gasteiger partial charge in [-0.15, -0.1) is 11.8 Å². The van der Waals surface area contributed by atoms with E-state index in [1.807, 2.05) is 12.1 Å². The Hall–Kier alpha value is -1.04. The molecule has 0 saturated carbocycles. The van der Waals surface area contributed by atoms with Gasteiger partial charge in [0.2, 0.25) is 0 Å². The first-order chi connectivity index (χ1) is 9.15. The lowest BCUT2D eigenvalue weighted by Gasteiger charge is -2.12. The molecule has 1 aliphatic heterocycles. The van der Waals surface area contributed by atoms with Crippen molar-refractivity contribution < 1.29 is 14.2 Å². The molecule has 2 aromatic carbocycles. The van der Waals surface area contributed by atoms with E-state index in [1.54, 1.807) is 23.9 Å². The van der Waals surface area contributed by atoms with Gasteiger partial charge in [-0.05, 0) is 40.2 Å². The maximum atomic E-state index is 13.1. The normalized spacial score (nSPS) is 17.3. The zero-order valence-electron chi connectivity index (χ0n) is 9.77. The largest absolute Gasteiger partial charge is 0.456 e. The highest BCUT2D eigenvalue weighted by molar-refractivity contribution is 9.10. The average Bonchev–Trinajstić information content (AvgIpc) is 2.75. The summed E-state index contributed by atoms with van der Waals surface area (Å²) in [4.78, 5) is 1.05. The molecule has 1 unspecified atom stereocenters. The molecule has 0 aliphatic carbocycles. The van der Waals surface area contributed by atoms with Crippen LogP contribution >= 0.6 is 27.7 Å². The fraction of sp³-hybridized carbons (Fsp3) is 0.143. The summed E-state index contributed by atoms with van der Waals surface area (Å²) in [5.74, 6) is 1.31. The number of halogens is 2. The maximum absolute atomic E-state index is 13.1. The van der Waals surface area contributed by atoms with Crippen LogP contribution in [0.5, 0.6) is 11.5 Å². The molecule has 0 fully saturated rings. The van der Waals surface area contributed by atoms with E-state index in [1.165, 1.54) is 12.1 Å². The Kier molecular flexibility index (Phi) is 3.52. The highest BCUT2D eigenvalue weighted by atomic mass is 79.9. The molecule has 1 atom stereocenters. The van der Waals surface area contributed by atoms with E-state index in [0.29, 0.717) is 17.3 Å². The highest BCUT2D eigenvalue weighted by Crippen LogP contribution is 2.46. The third-order valence-corrected chi connectivity index (χ3v) is 4.83. The van der Waals surface area contributed by atoms with Crippen LogP contribution in [0.4, 0.5) is 4.39 Å². The minimum absolute atomic E-state index is 0.342. The molecule has 98 valence electrons. The number of rotatable bonds is 2. The van der Waals surface area contributed by atoms with Crippen LogP contribution in [0.1, 0.15) is 11.7 Å². The molecule has 2 nitrogen and oxygen atoms in total. The van der Waals surface area contributed by atoms with Crippen molar-refractivity contribution >= 4 is 27.7 Å². The second-order valence-corrected chi connectivity index (χ2v) is 6.03. The molecule has 5 heteroatoms. The molecular weight excluding hydrogens is 331 g/mol. The number of fused-ring (bicyclic) bond motifs is 1. The number of thioether (sulfide) groups is 1. The van der Waals surface area contributed by atoms with Crippen LogP contribution in [0.3, 0.4) is 0 Å². The van der Waals surface area contributed by atoms with Gasteiger partial charge in [0.1, 0.15) is 17.3 Å². The highest BCUT2D eigenvalue weighted by Gasteiger charge is 2.25. The Morgan fingerprint density at radius 3 is 2.95 bits per heavy atom. The Morgan fingerprint density at radius 1 is 1.32 bits per heavy atom. The molecule has 1 N–H and O–H groups in total. The monoisotopic (exact) mass is 340 g/mol. The van der Waals surface area contributed by atoms with E-state index >= 15 is 0 Å². The number of hydrogen-bond acceptors (Lipinski definition) is 3. The molecule has 19 heavy (non-hydrogen) atoms. The summed E-state index contributed by atoms with van der Waals surface area (Å²) in [6.45, 7) is 0. The summed E-state index contributed by atoms with van der Waals surface area (Å²) < 4.78 is 19.5. The van der Waals surface area contributed by atoms with Gasteiger partial charge in [-0.25, -0.2) is 4.39 Å². The van der Waals surface area contributed by atoms with Gasteiger partial charge in [0.05, 0.1) is 10.6 Å². The summed E-state index contributed by atoms with van der Waals surface area (Å²) in [5.41, 5.74) is 0.846. The Labute approximate surface area is 122 Å². The lowest BCUT2D eigenvalue weighted by atomic mass is 10.1. The van der Waals surface area contributed by atoms with Crippen molar-refractivity contribution in [3.05, 3.63) is 52.3 Å². The number of aliphatic hydroxyl groups is 1. The van der Waals surface area contributed by atoms with Crippen molar-refractivity contribution in [2.75, 3.05) is 5.75 Å². The smallest absolute Gasteiger partial charge is 0.142 e. The summed E-state index contributed by atoms with van der Waals surface area (Å²) >= 11 is 5.07. The fourth-order valence-corrected chi connectivity index (χ4v) is 3.86. The molecule has 1 heterocycles. The molecule has 0 bridgehead atoms. The first-order valence-corrected chi connectivity index (χ1v) is 7.49. The Balaban J connectivity index is 1.96. The van der Waals surface area contributed by atoms with E-state index in [4.69, 9.17) is 4.74 Å². The SMILES string of the molecule is OC1CSc2ccc(Oc3cccc(F)c3)c(Br)c21. The van der Waals surface area contributed by atoms with Gasteiger partial charge in [-0.3, -0.25) is 0 Å². The van der Waals surface area contributed by atoms with Crippen molar-refractivity contribution in [2.24, 2.45) is 0 Å². The molecular formula is C14H10BrFO2S. The van der Waals surface area contributed by atoms with Crippen molar-refractivity contribution in [1.29, 1.82) is 0 Å². The predicted octanol–water partition coefficient (Wildman–Crippen LogP) is 4.52. The van der Waals surface area contributed by atoms with Gasteiger partial charge >= 0.3 is 0 Å². The maximum Gasteiger partial charge on any atom is 0.142 e. The number of ether oxygens (including phenoxy) is 1. The van der Waals surface area contributed by atoms with Crippen LogP contribution in [0.2, 0.25) is 0 Å². The standard InChI is InChI=1S/C14H10BrFO2S/c15-14-11(18-9-3-1-2-8(16)6-9)4-5-12-13(14)10(17)7-19-12/h1-6,10,17H,7H2. The zero-order chi connectivity index (χ0) is 13.4. The van der Waals surface area contributed by atoms with E-state index in [2.05, 4.69) is 15.9 Å². The second-order valence-electron chi connectivity index (χ2n) is 4.18. The predicted molar refractivity (Wildman–Crippen MR) is 76.3 cm³/mol. The van der Waals surface area contributed by atoms with Gasteiger partial charge in [0.25, 0.3) is 0 Å². The molecule has 0 aromatic heterocycles. The third kappa shape index (κ3) is 2.50. The number of hydrogen-bond donors (Lipinski definition) is 1. The van der Waals surface area contributed by atoms with Crippen LogP contribution in [-0.4, -0.2) is 10.9 Å². The van der Waals surface area contributed by atoms with Crippen LogP contribution in [0.15, 0.2) is 45.8 Å². The minimum Gasteiger partial charge on any atom is -0.456 e. The lowest BCUT2D eigenvalue weighted by Crippen LogP contribution is -1.97. The van der Waals surface area contributed by atoms with Crippen molar-refractivity contribution in [1.82, 2.24) is 0 Å². The number of benzene rings is 2. The lowest BCUT2D eigenvalue weighted by molar-refractivity contribution is 0.204. The van der Waals surface area contributed by atoms with E-state index in [9.17, 15) is 9.50 Å². The molecule has 1 aliphatic rings. The third-order valence-electron chi connectivity index (χ3n) is 2.86. The molecule has 2 aromatic rings. The van der Waals surface area contributed by atoms with Crippen LogP contribution in [0.25, 0.3) is 0 Å². The van der Waals surface area contributed by atoms with Gasteiger partial charge < -0.3 is 9.84 Å². The van der Waals surface area contributed by atoms with Gasteiger partial charge in [0.15, 0.2) is 0 Å². The molecule has 3 rings (SSSR count). The first kappa shape index (κ1) is 13.0. The van der Waals surface area contributed by atoms with Gasteiger partial charge in [-0.2, -0.15) is 0 Å². The van der Waals surface area contributed by atoms with Crippen LogP contribution < -0.4 is 4.74 Å². The first-order valence-electron chi connectivity index (χ1n) is 5.72. The number of aliphatic hydroxyl groups excluding tert-OH is 1. The summed E-state index contributed by atoms with van der Waals surface area (Å²) in [6.07, 6.45) is -0.495. The Bertz CT molecular complexity index is 633. The topological polar surface area (TPSA) is 29.5 Å². The van der Waals surface area contributed by atoms with Crippen molar-refractivity contribution in [3.63, 3.8) is 0 Å². The molecule has 0 radical (unpaired) electrons. The molecule has 0 amide bonds. The second kappa shape index (κ2) is 5.15. The summed E-state index contributed by atoms with van der Waals surface area (Å²) in [6, 6.07) is 9.70. The summed E-state index contributed by atoms with van der Waals surface area (Å²) in [7, 11) is 0. The van der Waals surface area contributed by atoms with Gasteiger partial charge in [-0.1, -0.05) is 6.07 Å². The van der Waals surface area contributed by atoms with Crippen LogP contribution in [-0.2, 0) is 0 Å². The average molecular weight is 341 g/mol. The zero-order valence-corrected chi connectivity index (χ0v) is 12.2. The Morgan fingerprint density at radius 2 is 2.16 bits per heavy atom. The van der Waals surface area contributed by atoms with Crippen LogP contribution in [0, 0.1) is 5.82 Å². The fourth-order valence-electron chi connectivity index (χ4n) is 1.98. The molecule has 0 spiro atoms. The molecule has 0 saturated heterocycles. The van der Waals surface area contributed by atoms with Crippen molar-refractivity contribution in [2.45, 2.75) is 11.0 Å². The summed E-state index contributed by atoms with van der Waals surface area (Å²) in [5, 5.41) is 9.93. The van der Waals surface area contributed by atoms with E-state index in [-0.39, 0.29) is 5.82 Å².